The van der Waals surface area contributed by atoms with Gasteiger partial charge in [-0.25, -0.2) is 0 Å². The van der Waals surface area contributed by atoms with Crippen LogP contribution in [-0.2, 0) is 6.61 Å². The molecule has 0 amide bonds. The minimum atomic E-state index is 0.485. The first-order valence-electron chi connectivity index (χ1n) is 7.39. The van der Waals surface area contributed by atoms with E-state index in [0.29, 0.717) is 12.2 Å². The van der Waals surface area contributed by atoms with Crippen LogP contribution in [0, 0.1) is 18.3 Å². The molecule has 0 aliphatic rings. The van der Waals surface area contributed by atoms with Crippen molar-refractivity contribution in [3.05, 3.63) is 83.7 Å². The van der Waals surface area contributed by atoms with Crippen LogP contribution in [0.4, 0.5) is 0 Å². The van der Waals surface area contributed by atoms with E-state index in [1.807, 2.05) is 61.7 Å². The SMILES string of the molecule is Cc1cncc(-c2cc(C#N)ccc2OCc2ccccc2)c1. The number of nitrogens with zero attached hydrogens (tertiary/aromatic N) is 2. The molecular weight excluding hydrogens is 284 g/mol. The van der Waals surface area contributed by atoms with E-state index in [1.54, 1.807) is 12.3 Å². The number of rotatable bonds is 4. The topological polar surface area (TPSA) is 45.9 Å². The minimum absolute atomic E-state index is 0.485. The molecule has 0 spiro atoms. The standard InChI is InChI=1S/C20H16N2O/c1-15-9-18(13-22-12-15)19-10-17(11-21)7-8-20(19)23-14-16-5-3-2-4-6-16/h2-10,12-13H,14H2,1H3. The van der Waals surface area contributed by atoms with E-state index >= 15 is 0 Å². The zero-order valence-electron chi connectivity index (χ0n) is 12.9. The summed E-state index contributed by atoms with van der Waals surface area (Å²) in [6.45, 7) is 2.48. The van der Waals surface area contributed by atoms with Crippen LogP contribution in [0.5, 0.6) is 5.75 Å². The van der Waals surface area contributed by atoms with Crippen LogP contribution in [0.1, 0.15) is 16.7 Å². The summed E-state index contributed by atoms with van der Waals surface area (Å²) < 4.78 is 5.98. The third kappa shape index (κ3) is 3.56. The summed E-state index contributed by atoms with van der Waals surface area (Å²) >= 11 is 0. The van der Waals surface area contributed by atoms with E-state index in [2.05, 4.69) is 11.1 Å². The van der Waals surface area contributed by atoms with Crippen LogP contribution in [0.3, 0.4) is 0 Å². The van der Waals surface area contributed by atoms with Crippen molar-refractivity contribution in [1.29, 1.82) is 5.26 Å². The molecule has 0 radical (unpaired) electrons. The van der Waals surface area contributed by atoms with Crippen molar-refractivity contribution in [2.75, 3.05) is 0 Å². The second-order valence-electron chi connectivity index (χ2n) is 5.35. The van der Waals surface area contributed by atoms with Gasteiger partial charge in [-0.3, -0.25) is 4.98 Å². The summed E-state index contributed by atoms with van der Waals surface area (Å²) in [5.41, 5.74) is 4.61. The number of aromatic nitrogens is 1. The highest BCUT2D eigenvalue weighted by Gasteiger charge is 2.09. The summed E-state index contributed by atoms with van der Waals surface area (Å²) in [5, 5.41) is 9.16. The third-order valence-electron chi connectivity index (χ3n) is 3.53. The van der Waals surface area contributed by atoms with Gasteiger partial charge in [-0.1, -0.05) is 30.3 Å². The van der Waals surface area contributed by atoms with Crippen molar-refractivity contribution >= 4 is 0 Å². The lowest BCUT2D eigenvalue weighted by molar-refractivity contribution is 0.307. The molecule has 0 atom stereocenters. The lowest BCUT2D eigenvalue weighted by atomic mass is 10.0. The molecule has 0 saturated heterocycles. The normalized spacial score (nSPS) is 10.1. The minimum Gasteiger partial charge on any atom is -0.488 e. The molecule has 3 heteroatoms. The van der Waals surface area contributed by atoms with Crippen molar-refractivity contribution in [1.82, 2.24) is 4.98 Å². The molecule has 3 aromatic rings. The molecular formula is C20H16N2O. The fourth-order valence-corrected chi connectivity index (χ4v) is 2.39. The highest BCUT2D eigenvalue weighted by Crippen LogP contribution is 2.31. The number of nitriles is 1. The quantitative estimate of drug-likeness (QED) is 0.712. The molecule has 3 rings (SSSR count). The van der Waals surface area contributed by atoms with Gasteiger partial charge in [-0.05, 0) is 42.3 Å². The Kier molecular flexibility index (Phi) is 4.35. The number of ether oxygens (including phenoxy) is 1. The Morgan fingerprint density at radius 2 is 1.87 bits per heavy atom. The molecule has 0 N–H and O–H groups in total. The fourth-order valence-electron chi connectivity index (χ4n) is 2.39. The molecule has 0 aliphatic heterocycles. The monoisotopic (exact) mass is 300 g/mol. The number of pyridine rings is 1. The Hall–Kier alpha value is -3.12. The van der Waals surface area contributed by atoms with Gasteiger partial charge in [0.2, 0.25) is 0 Å². The van der Waals surface area contributed by atoms with Crippen LogP contribution >= 0.6 is 0 Å². The maximum Gasteiger partial charge on any atom is 0.127 e. The first kappa shape index (κ1) is 14.8. The molecule has 112 valence electrons. The first-order valence-corrected chi connectivity index (χ1v) is 7.39. The predicted molar refractivity (Wildman–Crippen MR) is 89.9 cm³/mol. The average Bonchev–Trinajstić information content (AvgIpc) is 2.61. The molecule has 0 saturated carbocycles. The van der Waals surface area contributed by atoms with Crippen molar-refractivity contribution in [3.63, 3.8) is 0 Å². The summed E-state index contributed by atoms with van der Waals surface area (Å²) in [4.78, 5) is 4.24. The Morgan fingerprint density at radius 1 is 1.04 bits per heavy atom. The Bertz CT molecular complexity index is 851. The highest BCUT2D eigenvalue weighted by atomic mass is 16.5. The van der Waals surface area contributed by atoms with Gasteiger partial charge in [0.1, 0.15) is 12.4 Å². The molecule has 3 nitrogen and oxygen atoms in total. The summed E-state index contributed by atoms with van der Waals surface area (Å²) in [7, 11) is 0. The summed E-state index contributed by atoms with van der Waals surface area (Å²) in [6, 6.07) is 19.7. The van der Waals surface area contributed by atoms with Gasteiger partial charge in [0.15, 0.2) is 0 Å². The largest absolute Gasteiger partial charge is 0.488 e. The molecule has 0 bridgehead atoms. The van der Waals surface area contributed by atoms with E-state index in [0.717, 1.165) is 28.0 Å². The van der Waals surface area contributed by atoms with E-state index < -0.39 is 0 Å². The second kappa shape index (κ2) is 6.76. The van der Waals surface area contributed by atoms with Gasteiger partial charge in [-0.2, -0.15) is 5.26 Å². The second-order valence-corrected chi connectivity index (χ2v) is 5.35. The van der Waals surface area contributed by atoms with Crippen LogP contribution in [0.15, 0.2) is 67.0 Å². The zero-order chi connectivity index (χ0) is 16.1. The number of hydrogen-bond donors (Lipinski definition) is 0. The lowest BCUT2D eigenvalue weighted by Gasteiger charge is -2.12. The van der Waals surface area contributed by atoms with E-state index in [9.17, 15) is 0 Å². The number of benzene rings is 2. The maximum absolute atomic E-state index is 9.16. The van der Waals surface area contributed by atoms with E-state index in [1.165, 1.54) is 0 Å². The van der Waals surface area contributed by atoms with Crippen molar-refractivity contribution < 1.29 is 4.74 Å². The third-order valence-corrected chi connectivity index (χ3v) is 3.53. The summed E-state index contributed by atoms with van der Waals surface area (Å²) in [6.07, 6.45) is 3.60. The molecule has 0 fully saturated rings. The lowest BCUT2D eigenvalue weighted by Crippen LogP contribution is -1.97. The molecule has 0 unspecified atom stereocenters. The van der Waals surface area contributed by atoms with Crippen molar-refractivity contribution in [3.8, 4) is 22.9 Å². The van der Waals surface area contributed by atoms with Crippen LogP contribution in [0.2, 0.25) is 0 Å². The van der Waals surface area contributed by atoms with Gasteiger partial charge in [0.05, 0.1) is 11.6 Å². The average molecular weight is 300 g/mol. The summed E-state index contributed by atoms with van der Waals surface area (Å²) in [5.74, 6) is 0.750. The Morgan fingerprint density at radius 3 is 2.61 bits per heavy atom. The molecule has 1 aromatic heterocycles. The van der Waals surface area contributed by atoms with Gasteiger partial charge in [-0.15, -0.1) is 0 Å². The van der Waals surface area contributed by atoms with Gasteiger partial charge < -0.3 is 4.74 Å². The fraction of sp³-hybridized carbons (Fsp3) is 0.100. The van der Waals surface area contributed by atoms with E-state index in [4.69, 9.17) is 10.00 Å². The van der Waals surface area contributed by atoms with Gasteiger partial charge in [0.25, 0.3) is 0 Å². The van der Waals surface area contributed by atoms with Gasteiger partial charge in [0, 0.05) is 23.5 Å². The molecule has 23 heavy (non-hydrogen) atoms. The van der Waals surface area contributed by atoms with E-state index in [-0.39, 0.29) is 0 Å². The van der Waals surface area contributed by atoms with Crippen molar-refractivity contribution in [2.24, 2.45) is 0 Å². The zero-order valence-corrected chi connectivity index (χ0v) is 12.9. The van der Waals surface area contributed by atoms with Crippen LogP contribution < -0.4 is 4.74 Å². The Labute approximate surface area is 135 Å². The molecule has 2 aromatic carbocycles. The van der Waals surface area contributed by atoms with Gasteiger partial charge >= 0.3 is 0 Å². The van der Waals surface area contributed by atoms with Crippen molar-refractivity contribution in [2.45, 2.75) is 13.5 Å². The smallest absolute Gasteiger partial charge is 0.127 e. The van der Waals surface area contributed by atoms with Crippen LogP contribution in [0.25, 0.3) is 11.1 Å². The van der Waals surface area contributed by atoms with Crippen LogP contribution in [-0.4, -0.2) is 4.98 Å². The molecule has 0 aliphatic carbocycles. The molecule has 1 heterocycles. The predicted octanol–water partition coefficient (Wildman–Crippen LogP) is 4.51. The maximum atomic E-state index is 9.16. The first-order chi connectivity index (χ1) is 11.3. The highest BCUT2D eigenvalue weighted by molar-refractivity contribution is 5.71. The number of aryl methyl sites for hydroxylation is 1. The Balaban J connectivity index is 1.95. The number of hydrogen-bond acceptors (Lipinski definition) is 3.